The zero-order valence-electron chi connectivity index (χ0n) is 11.9. The second kappa shape index (κ2) is 7.28. The molecule has 1 rings (SSSR count). The number of carbonyl (C=O) groups is 3. The minimum atomic E-state index is -0.724. The number of nitrogens with one attached hydrogen (secondary N) is 3. The molecule has 20 heavy (non-hydrogen) atoms. The summed E-state index contributed by atoms with van der Waals surface area (Å²) < 4.78 is 0. The number of hydrogen-bond donors (Lipinski definition) is 3. The number of para-hydroxylation sites is 1. The second-order valence-electron chi connectivity index (χ2n) is 4.46. The predicted octanol–water partition coefficient (Wildman–Crippen LogP) is 0.494. The van der Waals surface area contributed by atoms with Gasteiger partial charge in [0.25, 0.3) is 0 Å². The highest BCUT2D eigenvalue weighted by Gasteiger charge is 2.14. The van der Waals surface area contributed by atoms with Crippen LogP contribution in [0.25, 0.3) is 0 Å². The third kappa shape index (κ3) is 4.72. The molecular formula is C14H19N3O3. The molecule has 0 aliphatic carbocycles. The topological polar surface area (TPSA) is 87.3 Å². The molecule has 0 bridgehead atoms. The third-order valence-electron chi connectivity index (χ3n) is 2.71. The summed E-state index contributed by atoms with van der Waals surface area (Å²) in [6, 6.07) is 5.60. The molecular weight excluding hydrogens is 258 g/mol. The molecule has 0 heterocycles. The first-order valence-electron chi connectivity index (χ1n) is 6.31. The van der Waals surface area contributed by atoms with E-state index in [4.69, 9.17) is 0 Å². The van der Waals surface area contributed by atoms with Crippen LogP contribution in [0.1, 0.15) is 18.1 Å². The third-order valence-corrected chi connectivity index (χ3v) is 2.71. The van der Waals surface area contributed by atoms with Crippen molar-refractivity contribution in [1.29, 1.82) is 0 Å². The molecule has 0 aliphatic heterocycles. The van der Waals surface area contributed by atoms with Crippen LogP contribution in [0, 0.1) is 13.8 Å². The van der Waals surface area contributed by atoms with Crippen molar-refractivity contribution in [2.24, 2.45) is 0 Å². The first-order chi connectivity index (χ1) is 9.41. The van der Waals surface area contributed by atoms with Crippen LogP contribution < -0.4 is 16.0 Å². The lowest BCUT2D eigenvalue weighted by atomic mass is 10.1. The molecule has 0 aromatic heterocycles. The van der Waals surface area contributed by atoms with Gasteiger partial charge in [0.2, 0.25) is 5.91 Å². The number of benzene rings is 1. The molecule has 0 aliphatic rings. The predicted molar refractivity (Wildman–Crippen MR) is 76.2 cm³/mol. The van der Waals surface area contributed by atoms with Crippen LogP contribution in [-0.2, 0) is 14.4 Å². The summed E-state index contributed by atoms with van der Waals surface area (Å²) in [6.45, 7) is 5.60. The van der Waals surface area contributed by atoms with Gasteiger partial charge in [-0.1, -0.05) is 18.2 Å². The van der Waals surface area contributed by atoms with Gasteiger partial charge in [0.1, 0.15) is 0 Å². The highest BCUT2D eigenvalue weighted by Crippen LogP contribution is 2.18. The summed E-state index contributed by atoms with van der Waals surface area (Å²) in [6.07, 6.45) is 0. The first-order valence-corrected chi connectivity index (χ1v) is 6.31. The van der Waals surface area contributed by atoms with Crippen molar-refractivity contribution in [1.82, 2.24) is 10.6 Å². The van der Waals surface area contributed by atoms with Crippen molar-refractivity contribution >= 4 is 23.4 Å². The molecule has 3 amide bonds. The quantitative estimate of drug-likeness (QED) is 0.553. The van der Waals surface area contributed by atoms with Crippen LogP contribution in [0.3, 0.4) is 0 Å². The van der Waals surface area contributed by atoms with Gasteiger partial charge in [0.15, 0.2) is 0 Å². The van der Waals surface area contributed by atoms with Gasteiger partial charge in [-0.2, -0.15) is 0 Å². The van der Waals surface area contributed by atoms with E-state index in [-0.39, 0.29) is 19.0 Å². The molecule has 0 saturated carbocycles. The smallest absolute Gasteiger partial charge is 0.313 e. The van der Waals surface area contributed by atoms with Gasteiger partial charge in [-0.15, -0.1) is 0 Å². The molecule has 0 radical (unpaired) electrons. The molecule has 3 N–H and O–H groups in total. The maximum atomic E-state index is 11.7. The summed E-state index contributed by atoms with van der Waals surface area (Å²) in [7, 11) is 0. The van der Waals surface area contributed by atoms with E-state index in [9.17, 15) is 14.4 Å². The summed E-state index contributed by atoms with van der Waals surface area (Å²) in [5.41, 5.74) is 2.43. The van der Waals surface area contributed by atoms with Gasteiger partial charge < -0.3 is 16.0 Å². The van der Waals surface area contributed by atoms with Gasteiger partial charge in [-0.05, 0) is 25.0 Å². The molecule has 1 aromatic carbocycles. The van der Waals surface area contributed by atoms with Gasteiger partial charge in [0.05, 0.1) is 0 Å². The monoisotopic (exact) mass is 277 g/mol. The lowest BCUT2D eigenvalue weighted by Crippen LogP contribution is -2.39. The van der Waals surface area contributed by atoms with Crippen molar-refractivity contribution in [3.05, 3.63) is 29.3 Å². The first kappa shape index (κ1) is 15.7. The van der Waals surface area contributed by atoms with Crippen molar-refractivity contribution in [2.45, 2.75) is 20.8 Å². The Morgan fingerprint density at radius 1 is 0.950 bits per heavy atom. The largest absolute Gasteiger partial charge is 0.355 e. The van der Waals surface area contributed by atoms with E-state index < -0.39 is 11.8 Å². The maximum Gasteiger partial charge on any atom is 0.313 e. The summed E-state index contributed by atoms with van der Waals surface area (Å²) in [5.74, 6) is -1.62. The van der Waals surface area contributed by atoms with Crippen LogP contribution >= 0.6 is 0 Å². The summed E-state index contributed by atoms with van der Waals surface area (Å²) >= 11 is 0. The molecule has 6 heteroatoms. The average molecular weight is 277 g/mol. The number of rotatable bonds is 4. The molecule has 6 nitrogen and oxygen atoms in total. The Morgan fingerprint density at radius 3 is 2.05 bits per heavy atom. The van der Waals surface area contributed by atoms with E-state index in [1.807, 2.05) is 32.0 Å². The normalized spacial score (nSPS) is 9.75. The Bertz CT molecular complexity index is 506. The highest BCUT2D eigenvalue weighted by molar-refractivity contribution is 6.39. The van der Waals surface area contributed by atoms with Crippen LogP contribution in [0.5, 0.6) is 0 Å². The van der Waals surface area contributed by atoms with Crippen molar-refractivity contribution in [3.63, 3.8) is 0 Å². The van der Waals surface area contributed by atoms with Gasteiger partial charge in [-0.3, -0.25) is 14.4 Å². The number of carbonyl (C=O) groups excluding carboxylic acids is 3. The van der Waals surface area contributed by atoms with Crippen LogP contribution in [-0.4, -0.2) is 30.8 Å². The molecule has 0 saturated heterocycles. The molecule has 0 atom stereocenters. The standard InChI is InChI=1S/C14H19N3O3/c1-9-5-4-6-10(2)12(9)17-14(20)13(19)16-8-7-15-11(3)18/h4-6H,7-8H2,1-3H3,(H,15,18)(H,16,19)(H,17,20). The van der Waals surface area contributed by atoms with Crippen molar-refractivity contribution < 1.29 is 14.4 Å². The van der Waals surface area contributed by atoms with E-state index in [2.05, 4.69) is 16.0 Å². The Kier molecular flexibility index (Phi) is 5.71. The minimum absolute atomic E-state index is 0.181. The Balaban J connectivity index is 2.50. The van der Waals surface area contributed by atoms with Crippen LogP contribution in [0.4, 0.5) is 5.69 Å². The summed E-state index contributed by atoms with van der Waals surface area (Å²) in [5, 5.41) is 7.54. The van der Waals surface area contributed by atoms with Gasteiger partial charge in [-0.25, -0.2) is 0 Å². The Hall–Kier alpha value is -2.37. The zero-order valence-corrected chi connectivity index (χ0v) is 11.9. The SMILES string of the molecule is CC(=O)NCCNC(=O)C(=O)Nc1c(C)cccc1C. The zero-order chi connectivity index (χ0) is 15.1. The number of hydrogen-bond acceptors (Lipinski definition) is 3. The maximum absolute atomic E-state index is 11.7. The van der Waals surface area contributed by atoms with E-state index in [0.717, 1.165) is 11.1 Å². The van der Waals surface area contributed by atoms with Gasteiger partial charge >= 0.3 is 11.8 Å². The number of amides is 3. The van der Waals surface area contributed by atoms with Crippen molar-refractivity contribution in [2.75, 3.05) is 18.4 Å². The fourth-order valence-electron chi connectivity index (χ4n) is 1.68. The molecule has 0 fully saturated rings. The fourth-order valence-corrected chi connectivity index (χ4v) is 1.68. The van der Waals surface area contributed by atoms with E-state index in [0.29, 0.717) is 5.69 Å². The molecule has 0 unspecified atom stereocenters. The molecule has 108 valence electrons. The second-order valence-corrected chi connectivity index (χ2v) is 4.46. The minimum Gasteiger partial charge on any atom is -0.355 e. The van der Waals surface area contributed by atoms with Crippen molar-refractivity contribution in [3.8, 4) is 0 Å². The fraction of sp³-hybridized carbons (Fsp3) is 0.357. The number of aryl methyl sites for hydroxylation is 2. The lowest BCUT2D eigenvalue weighted by Gasteiger charge is -2.11. The molecule has 1 aromatic rings. The van der Waals surface area contributed by atoms with Gasteiger partial charge in [0, 0.05) is 25.7 Å². The number of anilines is 1. The average Bonchev–Trinajstić information content (AvgIpc) is 2.38. The van der Waals surface area contributed by atoms with E-state index in [1.165, 1.54) is 6.92 Å². The highest BCUT2D eigenvalue weighted by atomic mass is 16.2. The Labute approximate surface area is 117 Å². The lowest BCUT2D eigenvalue weighted by molar-refractivity contribution is -0.136. The van der Waals surface area contributed by atoms with Crippen LogP contribution in [0.15, 0.2) is 18.2 Å². The van der Waals surface area contributed by atoms with E-state index in [1.54, 1.807) is 0 Å². The van der Waals surface area contributed by atoms with E-state index >= 15 is 0 Å². The molecule has 0 spiro atoms. The Morgan fingerprint density at radius 2 is 1.50 bits per heavy atom. The summed E-state index contributed by atoms with van der Waals surface area (Å²) in [4.78, 5) is 33.9. The van der Waals surface area contributed by atoms with Crippen LogP contribution in [0.2, 0.25) is 0 Å².